The quantitative estimate of drug-likeness (QED) is 0.213. The molecule has 0 aromatic carbocycles. The molecule has 0 saturated carbocycles. The first kappa shape index (κ1) is 57.2. The van der Waals surface area contributed by atoms with Gasteiger partial charge >= 0.3 is 195 Å². The van der Waals surface area contributed by atoms with Crippen LogP contribution in [0, 0.1) is 0 Å². The van der Waals surface area contributed by atoms with E-state index in [4.69, 9.17) is 78.5 Å². The number of hydrogen-bond acceptors (Lipinski definition) is 20. The average Bonchev–Trinajstić information content (AvgIpc) is 1.79. The zero-order valence-corrected chi connectivity index (χ0v) is 22.0. The third kappa shape index (κ3) is 25100. The summed E-state index contributed by atoms with van der Waals surface area (Å²) in [5.41, 5.74) is 0. The van der Waals surface area contributed by atoms with E-state index in [0.29, 0.717) is 0 Å². The summed E-state index contributed by atoms with van der Waals surface area (Å²) in [6.07, 6.45) is 0. The molecule has 0 aliphatic rings. The fraction of sp³-hybridized carbons (Fsp3) is 0. The minimum atomic E-state index is -5.62. The molecule has 29 heteroatoms. The number of hydrogen-bond donors (Lipinski definition) is 0. The van der Waals surface area contributed by atoms with Gasteiger partial charge in [-0.05, 0) is 0 Å². The molecule has 184 valence electrons. The van der Waals surface area contributed by atoms with E-state index < -0.39 is 64.9 Å². The van der Waals surface area contributed by atoms with E-state index in [1.54, 1.807) is 0 Å². The SMILES string of the molecule is O.[K+].[OH4+2].[OH4+2].[O]=[Mn](=[O])(=[O])[O-].[O]=[Mn](=[O])(=[O])[O-].[O]=[Mn](=[O])(=[O])[O-].[O]=[Mn](=[O])(=[O])[O-].[O]=[Mn](=[O])(=[O])[O-]. The van der Waals surface area contributed by atoms with Crippen LogP contribution >= 0.6 is 0 Å². The van der Waals surface area contributed by atoms with E-state index in [1.165, 1.54) is 0 Å². The Morgan fingerprint density at radius 1 is 0.310 bits per heavy atom. The fourth-order valence-corrected chi connectivity index (χ4v) is 0. The molecule has 0 aromatic heterocycles. The van der Waals surface area contributed by atoms with Crippen LogP contribution in [0.2, 0.25) is 0 Å². The van der Waals surface area contributed by atoms with Crippen LogP contribution in [-0.4, -0.2) is 5.48 Å². The van der Waals surface area contributed by atoms with Gasteiger partial charge in [-0.1, -0.05) is 0 Å². The molecular weight excluding hydrogens is 682 g/mol. The summed E-state index contributed by atoms with van der Waals surface area (Å²) in [4.78, 5) is 0. The summed E-state index contributed by atoms with van der Waals surface area (Å²) in [5.74, 6) is 0. The Morgan fingerprint density at radius 2 is 0.310 bits per heavy atom. The van der Waals surface area contributed by atoms with Crippen LogP contribution in [0.5, 0.6) is 0 Å². The molecule has 0 aliphatic carbocycles. The van der Waals surface area contributed by atoms with E-state index in [-0.39, 0.29) is 67.8 Å². The van der Waals surface area contributed by atoms with E-state index in [1.807, 2.05) is 0 Å². The molecule has 23 nitrogen and oxygen atoms in total. The van der Waals surface area contributed by atoms with Crippen LogP contribution < -0.4 is 72.3 Å². The predicted octanol–water partition coefficient (Wildman–Crippen LogP) is -13.9. The Morgan fingerprint density at radius 3 is 0.310 bits per heavy atom. The van der Waals surface area contributed by atoms with Crippen LogP contribution in [0.1, 0.15) is 0 Å². The fourth-order valence-electron chi connectivity index (χ4n) is 0. The van der Waals surface area contributed by atoms with Crippen molar-refractivity contribution in [2.75, 3.05) is 0 Å². The van der Waals surface area contributed by atoms with Crippen molar-refractivity contribution in [3.63, 3.8) is 0 Å². The van der Waals surface area contributed by atoms with Crippen molar-refractivity contribution in [2.24, 2.45) is 0 Å². The molecule has 0 amide bonds. The van der Waals surface area contributed by atoms with Crippen molar-refractivity contribution >= 4 is 0 Å². The summed E-state index contributed by atoms with van der Waals surface area (Å²) in [5, 5.41) is 0. The Bertz CT molecular complexity index is 875. The Labute approximate surface area is 208 Å². The zero-order chi connectivity index (χ0) is 22.5. The van der Waals surface area contributed by atoms with Crippen LogP contribution in [0.25, 0.3) is 0 Å². The molecule has 0 rings (SSSR count). The molecule has 10 N–H and O–H groups in total. The van der Waals surface area contributed by atoms with Gasteiger partial charge in [0.25, 0.3) is 0 Å². The van der Waals surface area contributed by atoms with Crippen LogP contribution in [0.4, 0.5) is 0 Å². The molecule has 0 saturated heterocycles. The van der Waals surface area contributed by atoms with E-state index in [0.717, 1.165) is 0 Å². The average molecular weight is 692 g/mol. The van der Waals surface area contributed by atoms with Crippen LogP contribution in [0.3, 0.4) is 0 Å². The van der Waals surface area contributed by atoms with Crippen LogP contribution in [-0.2, 0) is 133 Å². The normalized spacial score (nSPS) is 9.83. The molecule has 0 fully saturated rings. The Balaban J connectivity index is -0.0000000238. The maximum absolute atomic E-state index is 8.58. The minimum absolute atomic E-state index is 0. The van der Waals surface area contributed by atoms with Crippen molar-refractivity contribution in [1.29, 1.82) is 0 Å². The van der Waals surface area contributed by atoms with Gasteiger partial charge in [0.2, 0.25) is 0 Å². The van der Waals surface area contributed by atoms with Gasteiger partial charge in [0.1, 0.15) is 0 Å². The van der Waals surface area contributed by atoms with Crippen molar-refractivity contribution in [2.45, 2.75) is 0 Å². The van der Waals surface area contributed by atoms with Crippen molar-refractivity contribution in [3.8, 4) is 0 Å². The van der Waals surface area contributed by atoms with Gasteiger partial charge < -0.3 is 16.4 Å². The topological polar surface area (TPSA) is 472 Å². The van der Waals surface area contributed by atoms with Gasteiger partial charge in [-0.15, -0.1) is 0 Å². The summed E-state index contributed by atoms with van der Waals surface area (Å²) in [6, 6.07) is 0. The van der Waals surface area contributed by atoms with Crippen LogP contribution in [0.15, 0.2) is 0 Å². The monoisotopic (exact) mass is 692 g/mol. The van der Waals surface area contributed by atoms with E-state index >= 15 is 0 Å². The first-order valence-electron chi connectivity index (χ1n) is 3.09. The molecule has 29 heavy (non-hydrogen) atoms. The third-order valence-corrected chi connectivity index (χ3v) is 0. The Kier molecular flexibility index (Phi) is 46.5. The van der Waals surface area contributed by atoms with Gasteiger partial charge in [-0.25, -0.2) is 0 Å². The van der Waals surface area contributed by atoms with Crippen molar-refractivity contribution in [1.82, 2.24) is 0 Å². The first-order valence-corrected chi connectivity index (χ1v) is 12.7. The summed E-state index contributed by atoms with van der Waals surface area (Å²) in [6.45, 7) is 0. The molecule has 0 radical (unpaired) electrons. The van der Waals surface area contributed by atoms with Crippen molar-refractivity contribution in [3.05, 3.63) is 0 Å². The van der Waals surface area contributed by atoms with Gasteiger partial charge in [0.05, 0.1) is 0 Å². The molecular formula is H10KMn5O23. The predicted molar refractivity (Wildman–Crippen MR) is 26.4 cm³/mol. The van der Waals surface area contributed by atoms with Crippen molar-refractivity contribution < 1.29 is 211 Å². The second-order valence-electron chi connectivity index (χ2n) is 1.89. The number of rotatable bonds is 0. The third-order valence-electron chi connectivity index (χ3n) is 0. The van der Waals surface area contributed by atoms with Gasteiger partial charge in [-0.3, -0.25) is 0 Å². The van der Waals surface area contributed by atoms with Gasteiger partial charge in [-0.2, -0.15) is 0 Å². The molecule has 0 atom stereocenters. The van der Waals surface area contributed by atoms with Gasteiger partial charge in [0, 0.05) is 0 Å². The molecule has 0 aliphatic heterocycles. The summed E-state index contributed by atoms with van der Waals surface area (Å²) in [7, 11) is 0. The second-order valence-corrected chi connectivity index (χ2v) is 7.79. The molecule has 0 spiro atoms. The van der Waals surface area contributed by atoms with Gasteiger partial charge in [0.15, 0.2) is 0 Å². The summed E-state index contributed by atoms with van der Waals surface area (Å²) >= 11 is -28.1. The van der Waals surface area contributed by atoms with E-state index in [9.17, 15) is 0 Å². The second kappa shape index (κ2) is 23.6. The molecule has 0 aromatic rings. The first-order chi connectivity index (χ1) is 10.0. The summed E-state index contributed by atoms with van der Waals surface area (Å²) < 4.78 is 172. The molecule has 0 unspecified atom stereocenters. The Hall–Kier alpha value is 0.914. The maximum atomic E-state index is 8.58. The molecule has 0 bridgehead atoms. The van der Waals surface area contributed by atoms with E-state index in [2.05, 4.69) is 0 Å². The standard InChI is InChI=1S/K.5Mn.2H4O.H2O.20O/h;;;;;;2*1H4;1H2;;;;;;;;;;;;;;;;;;;;/q+1;;;;;;2*+2;;;;;;;;;;;;;;;;;5*-1. The molecule has 0 heterocycles. The zero-order valence-electron chi connectivity index (χ0n) is 13.0.